The van der Waals surface area contributed by atoms with Gasteiger partial charge in [-0.15, -0.1) is 11.3 Å². The van der Waals surface area contributed by atoms with E-state index in [1.165, 1.54) is 20.9 Å². The van der Waals surface area contributed by atoms with E-state index < -0.39 is 0 Å². The highest BCUT2D eigenvalue weighted by Crippen LogP contribution is 2.29. The molecular formula is C17H23NOS. The van der Waals surface area contributed by atoms with Gasteiger partial charge in [0.25, 0.3) is 0 Å². The zero-order valence-corrected chi connectivity index (χ0v) is 13.5. The monoisotopic (exact) mass is 289 g/mol. The van der Waals surface area contributed by atoms with Crippen LogP contribution >= 0.6 is 11.3 Å². The van der Waals surface area contributed by atoms with Crippen LogP contribution in [0.3, 0.4) is 0 Å². The third-order valence-corrected chi connectivity index (χ3v) is 4.93. The minimum atomic E-state index is 0.344. The Morgan fingerprint density at radius 3 is 2.65 bits per heavy atom. The van der Waals surface area contributed by atoms with Gasteiger partial charge in [-0.05, 0) is 50.6 Å². The Morgan fingerprint density at radius 1 is 1.25 bits per heavy atom. The number of aryl methyl sites for hydroxylation is 2. The number of rotatable bonds is 6. The molecule has 0 saturated carbocycles. The van der Waals surface area contributed by atoms with Gasteiger partial charge in [-0.1, -0.05) is 24.6 Å². The summed E-state index contributed by atoms with van der Waals surface area (Å²) in [6.07, 6.45) is 2.06. The van der Waals surface area contributed by atoms with Crippen LogP contribution in [0.4, 0.5) is 0 Å². The summed E-state index contributed by atoms with van der Waals surface area (Å²) < 4.78 is 5.48. The summed E-state index contributed by atoms with van der Waals surface area (Å²) in [6.45, 7) is 4.32. The van der Waals surface area contributed by atoms with Crippen LogP contribution in [0, 0.1) is 6.92 Å². The summed E-state index contributed by atoms with van der Waals surface area (Å²) in [4.78, 5) is 2.84. The second-order valence-electron chi connectivity index (χ2n) is 5.02. The second kappa shape index (κ2) is 6.91. The van der Waals surface area contributed by atoms with Crippen LogP contribution in [-0.2, 0) is 12.8 Å². The predicted octanol–water partition coefficient (Wildman–Crippen LogP) is 4.13. The van der Waals surface area contributed by atoms with Gasteiger partial charge < -0.3 is 10.1 Å². The van der Waals surface area contributed by atoms with Gasteiger partial charge in [0.15, 0.2) is 0 Å². The summed E-state index contributed by atoms with van der Waals surface area (Å²) in [6, 6.07) is 11.2. The summed E-state index contributed by atoms with van der Waals surface area (Å²) in [5, 5.41) is 3.43. The molecule has 108 valence electrons. The minimum absolute atomic E-state index is 0.344. The lowest BCUT2D eigenvalue weighted by atomic mass is 10.0. The SMILES string of the molecule is CCc1ccc(C(Cc2cc(C)ccc2OC)NC)s1. The number of nitrogens with one attached hydrogen (secondary N) is 1. The third kappa shape index (κ3) is 3.41. The fraction of sp³-hybridized carbons (Fsp3) is 0.412. The topological polar surface area (TPSA) is 21.3 Å². The number of ether oxygens (including phenoxy) is 1. The van der Waals surface area contributed by atoms with Crippen LogP contribution < -0.4 is 10.1 Å². The molecule has 2 nitrogen and oxygen atoms in total. The van der Waals surface area contributed by atoms with E-state index in [1.54, 1.807) is 7.11 Å². The molecule has 0 aliphatic carbocycles. The molecule has 1 aromatic carbocycles. The average Bonchev–Trinajstić information content (AvgIpc) is 2.93. The molecule has 1 unspecified atom stereocenters. The molecule has 2 rings (SSSR count). The maximum absolute atomic E-state index is 5.48. The molecule has 1 N–H and O–H groups in total. The van der Waals surface area contributed by atoms with Crippen molar-refractivity contribution in [3.8, 4) is 5.75 Å². The van der Waals surface area contributed by atoms with Crippen molar-refractivity contribution >= 4 is 11.3 Å². The van der Waals surface area contributed by atoms with E-state index >= 15 is 0 Å². The smallest absolute Gasteiger partial charge is 0.122 e. The Bertz CT molecular complexity index is 562. The zero-order valence-electron chi connectivity index (χ0n) is 12.7. The Morgan fingerprint density at radius 2 is 2.05 bits per heavy atom. The van der Waals surface area contributed by atoms with E-state index in [4.69, 9.17) is 4.74 Å². The molecule has 0 aliphatic rings. The molecule has 0 spiro atoms. The Labute approximate surface area is 125 Å². The largest absolute Gasteiger partial charge is 0.496 e. The maximum Gasteiger partial charge on any atom is 0.122 e. The number of thiophene rings is 1. The number of benzene rings is 1. The van der Waals surface area contributed by atoms with Crippen molar-refractivity contribution in [3.63, 3.8) is 0 Å². The first-order valence-corrected chi connectivity index (χ1v) is 7.89. The van der Waals surface area contributed by atoms with Gasteiger partial charge in [0.2, 0.25) is 0 Å². The summed E-state index contributed by atoms with van der Waals surface area (Å²) in [5.41, 5.74) is 2.54. The Kier molecular flexibility index (Phi) is 5.21. The van der Waals surface area contributed by atoms with Gasteiger partial charge in [-0.25, -0.2) is 0 Å². The molecule has 1 atom stereocenters. The quantitative estimate of drug-likeness (QED) is 0.863. The lowest BCUT2D eigenvalue weighted by Crippen LogP contribution is -2.18. The maximum atomic E-state index is 5.48. The van der Waals surface area contributed by atoms with Crippen molar-refractivity contribution in [3.05, 3.63) is 51.2 Å². The summed E-state index contributed by atoms with van der Waals surface area (Å²) >= 11 is 1.90. The minimum Gasteiger partial charge on any atom is -0.496 e. The average molecular weight is 289 g/mol. The number of hydrogen-bond acceptors (Lipinski definition) is 3. The molecule has 1 heterocycles. The van der Waals surface area contributed by atoms with E-state index in [1.807, 2.05) is 18.4 Å². The normalized spacial score (nSPS) is 12.4. The van der Waals surface area contributed by atoms with Crippen LogP contribution in [0.1, 0.15) is 33.8 Å². The van der Waals surface area contributed by atoms with Crippen molar-refractivity contribution in [1.29, 1.82) is 0 Å². The molecule has 1 aromatic heterocycles. The van der Waals surface area contributed by atoms with E-state index in [2.05, 4.69) is 49.5 Å². The third-order valence-electron chi connectivity index (χ3n) is 3.58. The highest BCUT2D eigenvalue weighted by Gasteiger charge is 2.15. The van der Waals surface area contributed by atoms with Crippen molar-refractivity contribution < 1.29 is 4.74 Å². The summed E-state index contributed by atoms with van der Waals surface area (Å²) in [5.74, 6) is 0.975. The van der Waals surface area contributed by atoms with Crippen molar-refractivity contribution in [2.75, 3.05) is 14.2 Å². The molecule has 0 saturated heterocycles. The first-order valence-electron chi connectivity index (χ1n) is 7.07. The molecule has 20 heavy (non-hydrogen) atoms. The fourth-order valence-corrected chi connectivity index (χ4v) is 3.47. The van der Waals surface area contributed by atoms with Gasteiger partial charge in [0.1, 0.15) is 5.75 Å². The van der Waals surface area contributed by atoms with Crippen molar-refractivity contribution in [1.82, 2.24) is 5.32 Å². The van der Waals surface area contributed by atoms with E-state index in [9.17, 15) is 0 Å². The summed E-state index contributed by atoms with van der Waals surface area (Å²) in [7, 11) is 3.77. The van der Waals surface area contributed by atoms with Crippen molar-refractivity contribution in [2.45, 2.75) is 32.7 Å². The first kappa shape index (κ1) is 15.1. The van der Waals surface area contributed by atoms with Gasteiger partial charge in [0, 0.05) is 15.8 Å². The zero-order chi connectivity index (χ0) is 14.5. The fourth-order valence-electron chi connectivity index (χ4n) is 2.40. The molecular weight excluding hydrogens is 266 g/mol. The highest BCUT2D eigenvalue weighted by molar-refractivity contribution is 7.12. The number of hydrogen-bond donors (Lipinski definition) is 1. The van der Waals surface area contributed by atoms with E-state index in [-0.39, 0.29) is 0 Å². The molecule has 0 bridgehead atoms. The van der Waals surface area contributed by atoms with Gasteiger partial charge in [0.05, 0.1) is 7.11 Å². The van der Waals surface area contributed by atoms with Crippen LogP contribution in [0.25, 0.3) is 0 Å². The molecule has 0 radical (unpaired) electrons. The van der Waals surface area contributed by atoms with Crippen LogP contribution in [-0.4, -0.2) is 14.2 Å². The van der Waals surface area contributed by atoms with E-state index in [0.717, 1.165) is 18.6 Å². The molecule has 3 heteroatoms. The first-order chi connectivity index (χ1) is 9.67. The highest BCUT2D eigenvalue weighted by atomic mass is 32.1. The molecule has 0 fully saturated rings. The molecule has 2 aromatic rings. The number of methoxy groups -OCH3 is 1. The van der Waals surface area contributed by atoms with Crippen LogP contribution in [0.2, 0.25) is 0 Å². The Balaban J connectivity index is 2.23. The molecule has 0 amide bonds. The van der Waals surface area contributed by atoms with Crippen molar-refractivity contribution in [2.24, 2.45) is 0 Å². The molecule has 0 aliphatic heterocycles. The van der Waals surface area contributed by atoms with Gasteiger partial charge in [-0.3, -0.25) is 0 Å². The lowest BCUT2D eigenvalue weighted by Gasteiger charge is -2.17. The second-order valence-corrected chi connectivity index (χ2v) is 6.22. The van der Waals surface area contributed by atoms with E-state index in [0.29, 0.717) is 6.04 Å². The lowest BCUT2D eigenvalue weighted by molar-refractivity contribution is 0.406. The van der Waals surface area contributed by atoms with Crippen LogP contribution in [0.5, 0.6) is 5.75 Å². The Hall–Kier alpha value is -1.32. The van der Waals surface area contributed by atoms with Gasteiger partial charge in [-0.2, -0.15) is 0 Å². The number of likely N-dealkylation sites (N-methyl/N-ethyl adjacent to an activating group) is 1. The van der Waals surface area contributed by atoms with Gasteiger partial charge >= 0.3 is 0 Å². The van der Waals surface area contributed by atoms with Crippen LogP contribution in [0.15, 0.2) is 30.3 Å². The standard InChI is InChI=1S/C17H23NOS/c1-5-14-7-9-17(20-14)15(18-3)11-13-10-12(2)6-8-16(13)19-4/h6-10,15,18H,5,11H2,1-4H3. The predicted molar refractivity (Wildman–Crippen MR) is 86.9 cm³/mol.